The van der Waals surface area contributed by atoms with Crippen LogP contribution in [0.2, 0.25) is 0 Å². The van der Waals surface area contributed by atoms with E-state index in [4.69, 9.17) is 0 Å². The van der Waals surface area contributed by atoms with Crippen LogP contribution in [-0.4, -0.2) is 48.3 Å². The number of ether oxygens (including phenoxy) is 1. The topological polar surface area (TPSA) is 92.8 Å². The van der Waals surface area contributed by atoms with Gasteiger partial charge in [0.15, 0.2) is 0 Å². The maximum Gasteiger partial charge on any atom is 0.328 e. The van der Waals surface area contributed by atoms with Gasteiger partial charge in [0.25, 0.3) is 11.8 Å². The van der Waals surface area contributed by atoms with Gasteiger partial charge >= 0.3 is 5.97 Å². The van der Waals surface area contributed by atoms with E-state index >= 15 is 0 Å². The molecule has 1 atom stereocenters. The van der Waals surface area contributed by atoms with Gasteiger partial charge in [0.2, 0.25) is 5.91 Å². The molecule has 2 rings (SSSR count). The first kappa shape index (κ1) is 18.6. The number of benzene rings is 1. The van der Waals surface area contributed by atoms with Crippen LogP contribution in [0.1, 0.15) is 47.4 Å². The molecule has 0 bridgehead atoms. The third-order valence-electron chi connectivity index (χ3n) is 4.10. The highest BCUT2D eigenvalue weighted by atomic mass is 16.5. The van der Waals surface area contributed by atoms with Gasteiger partial charge in [0.05, 0.1) is 18.2 Å². The van der Waals surface area contributed by atoms with Gasteiger partial charge in [0.1, 0.15) is 6.04 Å². The lowest BCUT2D eigenvalue weighted by Crippen LogP contribution is -2.45. The van der Waals surface area contributed by atoms with E-state index in [1.165, 1.54) is 7.11 Å². The van der Waals surface area contributed by atoms with E-state index in [1.54, 1.807) is 38.1 Å². The number of rotatable bonds is 7. The molecular weight excluding hydrogens is 324 g/mol. The standard InChI is InChI=1S/C18H22N2O5/c1-11(2)15(18(24)25-3)19-14(21)9-6-10-20-16(22)12-7-4-5-8-13(12)17(20)23/h4-5,7-8,11,15H,6,9-10H2,1-3H3,(H,19,21). The molecular formula is C18H22N2O5. The first-order valence-electron chi connectivity index (χ1n) is 8.19. The molecule has 25 heavy (non-hydrogen) atoms. The lowest BCUT2D eigenvalue weighted by atomic mass is 10.0. The van der Waals surface area contributed by atoms with Crippen LogP contribution in [0, 0.1) is 5.92 Å². The predicted molar refractivity (Wildman–Crippen MR) is 89.8 cm³/mol. The molecule has 0 radical (unpaired) electrons. The van der Waals surface area contributed by atoms with Crippen molar-refractivity contribution in [1.82, 2.24) is 10.2 Å². The normalized spacial score (nSPS) is 14.5. The van der Waals surface area contributed by atoms with Crippen molar-refractivity contribution in [1.29, 1.82) is 0 Å². The van der Waals surface area contributed by atoms with E-state index < -0.39 is 12.0 Å². The average Bonchev–Trinajstić information content (AvgIpc) is 2.84. The van der Waals surface area contributed by atoms with Gasteiger partial charge in [0, 0.05) is 13.0 Å². The van der Waals surface area contributed by atoms with Gasteiger partial charge < -0.3 is 10.1 Å². The summed E-state index contributed by atoms with van der Waals surface area (Å²) >= 11 is 0. The van der Waals surface area contributed by atoms with E-state index in [0.717, 1.165) is 4.90 Å². The number of fused-ring (bicyclic) bond motifs is 1. The molecule has 1 N–H and O–H groups in total. The predicted octanol–water partition coefficient (Wildman–Crippen LogP) is 1.38. The third-order valence-corrected chi connectivity index (χ3v) is 4.10. The summed E-state index contributed by atoms with van der Waals surface area (Å²) in [4.78, 5) is 49.3. The zero-order valence-corrected chi connectivity index (χ0v) is 14.6. The largest absolute Gasteiger partial charge is 0.467 e. The number of amides is 3. The highest BCUT2D eigenvalue weighted by Crippen LogP contribution is 2.22. The molecule has 1 aliphatic heterocycles. The SMILES string of the molecule is COC(=O)C(NC(=O)CCCN1C(=O)c2ccccc2C1=O)C(C)C. The highest BCUT2D eigenvalue weighted by molar-refractivity contribution is 6.21. The summed E-state index contributed by atoms with van der Waals surface area (Å²) in [5, 5.41) is 2.63. The van der Waals surface area contributed by atoms with Crippen molar-refractivity contribution in [2.45, 2.75) is 32.7 Å². The molecule has 3 amide bonds. The summed E-state index contributed by atoms with van der Waals surface area (Å²) < 4.78 is 4.67. The van der Waals surface area contributed by atoms with Crippen LogP contribution in [0.5, 0.6) is 0 Å². The second-order valence-electron chi connectivity index (χ2n) is 6.22. The maximum absolute atomic E-state index is 12.2. The van der Waals surface area contributed by atoms with E-state index in [2.05, 4.69) is 10.1 Å². The number of methoxy groups -OCH3 is 1. The Morgan fingerprint density at radius 3 is 2.16 bits per heavy atom. The zero-order valence-electron chi connectivity index (χ0n) is 14.6. The van der Waals surface area contributed by atoms with Crippen molar-refractivity contribution in [3.05, 3.63) is 35.4 Å². The van der Waals surface area contributed by atoms with Crippen molar-refractivity contribution >= 4 is 23.7 Å². The molecule has 0 aliphatic carbocycles. The minimum atomic E-state index is -0.711. The van der Waals surface area contributed by atoms with Crippen molar-refractivity contribution in [3.63, 3.8) is 0 Å². The fourth-order valence-corrected chi connectivity index (χ4v) is 2.71. The molecule has 0 spiro atoms. The fourth-order valence-electron chi connectivity index (χ4n) is 2.71. The number of hydrogen-bond acceptors (Lipinski definition) is 5. The van der Waals surface area contributed by atoms with Gasteiger partial charge in [-0.25, -0.2) is 4.79 Å². The molecule has 0 aromatic heterocycles. The van der Waals surface area contributed by atoms with Crippen LogP contribution in [-0.2, 0) is 14.3 Å². The Morgan fingerprint density at radius 2 is 1.68 bits per heavy atom. The molecule has 1 heterocycles. The second kappa shape index (κ2) is 7.92. The average molecular weight is 346 g/mol. The summed E-state index contributed by atoms with van der Waals surface area (Å²) in [7, 11) is 1.27. The van der Waals surface area contributed by atoms with Crippen molar-refractivity contribution in [2.24, 2.45) is 5.92 Å². The Hall–Kier alpha value is -2.70. The Morgan fingerprint density at radius 1 is 1.12 bits per heavy atom. The Kier molecular flexibility index (Phi) is 5.90. The Bertz CT molecular complexity index is 663. The summed E-state index contributed by atoms with van der Waals surface area (Å²) in [6, 6.07) is 5.94. The highest BCUT2D eigenvalue weighted by Gasteiger charge is 2.34. The molecule has 1 aromatic rings. The van der Waals surface area contributed by atoms with Gasteiger partial charge in [-0.15, -0.1) is 0 Å². The smallest absolute Gasteiger partial charge is 0.328 e. The molecule has 7 heteroatoms. The van der Waals surface area contributed by atoms with E-state index in [1.807, 2.05) is 0 Å². The molecule has 1 unspecified atom stereocenters. The van der Waals surface area contributed by atoms with Crippen molar-refractivity contribution in [3.8, 4) is 0 Å². The first-order valence-corrected chi connectivity index (χ1v) is 8.19. The lowest BCUT2D eigenvalue weighted by molar-refractivity contribution is -0.146. The maximum atomic E-state index is 12.2. The van der Waals surface area contributed by atoms with Crippen LogP contribution in [0.25, 0.3) is 0 Å². The lowest BCUT2D eigenvalue weighted by Gasteiger charge is -2.20. The summed E-state index contributed by atoms with van der Waals surface area (Å²) in [5.74, 6) is -1.59. The minimum Gasteiger partial charge on any atom is -0.467 e. The van der Waals surface area contributed by atoms with Gasteiger partial charge in [-0.05, 0) is 24.5 Å². The zero-order chi connectivity index (χ0) is 18.6. The monoisotopic (exact) mass is 346 g/mol. The van der Waals surface area contributed by atoms with Crippen LogP contribution < -0.4 is 5.32 Å². The first-order chi connectivity index (χ1) is 11.9. The molecule has 0 saturated heterocycles. The Labute approximate surface area is 146 Å². The number of carbonyl (C=O) groups excluding carboxylic acids is 4. The van der Waals surface area contributed by atoms with Crippen LogP contribution >= 0.6 is 0 Å². The van der Waals surface area contributed by atoms with Crippen LogP contribution in [0.4, 0.5) is 0 Å². The van der Waals surface area contributed by atoms with Crippen molar-refractivity contribution in [2.75, 3.05) is 13.7 Å². The summed E-state index contributed by atoms with van der Waals surface area (Å²) in [6.45, 7) is 3.77. The molecule has 134 valence electrons. The number of esters is 1. The summed E-state index contributed by atoms with van der Waals surface area (Å²) in [6.07, 6.45) is 0.427. The number of carbonyl (C=O) groups is 4. The molecule has 0 fully saturated rings. The van der Waals surface area contributed by atoms with Crippen molar-refractivity contribution < 1.29 is 23.9 Å². The van der Waals surface area contributed by atoms with Gasteiger partial charge in [-0.2, -0.15) is 0 Å². The van der Waals surface area contributed by atoms with E-state index in [9.17, 15) is 19.2 Å². The van der Waals surface area contributed by atoms with Crippen LogP contribution in [0.15, 0.2) is 24.3 Å². The van der Waals surface area contributed by atoms with E-state index in [0.29, 0.717) is 17.5 Å². The van der Waals surface area contributed by atoms with Crippen LogP contribution in [0.3, 0.4) is 0 Å². The number of hydrogen-bond donors (Lipinski definition) is 1. The Balaban J connectivity index is 1.87. The third kappa shape index (κ3) is 4.04. The molecule has 7 nitrogen and oxygen atoms in total. The fraction of sp³-hybridized carbons (Fsp3) is 0.444. The quantitative estimate of drug-likeness (QED) is 0.595. The number of imide groups is 1. The van der Waals surface area contributed by atoms with Gasteiger partial charge in [-0.1, -0.05) is 26.0 Å². The molecule has 1 aromatic carbocycles. The molecule has 0 saturated carbocycles. The molecule has 1 aliphatic rings. The summed E-state index contributed by atoms with van der Waals surface area (Å²) in [5.41, 5.74) is 0.782. The number of nitrogens with one attached hydrogen (secondary N) is 1. The number of nitrogens with zero attached hydrogens (tertiary/aromatic N) is 1. The van der Waals surface area contributed by atoms with E-state index in [-0.39, 0.29) is 36.6 Å². The second-order valence-corrected chi connectivity index (χ2v) is 6.22. The van der Waals surface area contributed by atoms with Gasteiger partial charge in [-0.3, -0.25) is 19.3 Å². The minimum absolute atomic E-state index is 0.104.